The molecule has 3 aromatic rings. The zero-order valence-corrected chi connectivity index (χ0v) is 17.6. The minimum atomic E-state index is -0.504. The van der Waals surface area contributed by atoms with Gasteiger partial charge in [-0.3, -0.25) is 10.1 Å². The van der Waals surface area contributed by atoms with Gasteiger partial charge in [-0.05, 0) is 35.2 Å². The molecule has 0 radical (unpaired) electrons. The molecule has 1 amide bonds. The van der Waals surface area contributed by atoms with Crippen LogP contribution in [0.4, 0.5) is 10.5 Å². The van der Waals surface area contributed by atoms with Crippen molar-refractivity contribution in [1.82, 2.24) is 5.32 Å². The second-order valence-corrected chi connectivity index (χ2v) is 7.53. The number of nitrogens with zero attached hydrogens (tertiary/aromatic N) is 1. The Bertz CT molecular complexity index is 1190. The Hall–Kier alpha value is -4.11. The molecular weight excluding hydrogens is 404 g/mol. The summed E-state index contributed by atoms with van der Waals surface area (Å²) in [5.41, 5.74) is 5.63. The molecule has 32 heavy (non-hydrogen) atoms. The number of nitro benzene ring substituents is 1. The smallest absolute Gasteiger partial charge is 0.407 e. The number of amides is 1. The molecule has 6 nitrogen and oxygen atoms in total. The second-order valence-electron chi connectivity index (χ2n) is 7.53. The summed E-state index contributed by atoms with van der Waals surface area (Å²) in [6.45, 7) is 2.23. The van der Waals surface area contributed by atoms with Gasteiger partial charge in [0.05, 0.1) is 4.92 Å². The van der Waals surface area contributed by atoms with Crippen LogP contribution in [0.5, 0.6) is 0 Å². The molecule has 0 fully saturated rings. The van der Waals surface area contributed by atoms with E-state index in [1.807, 2.05) is 24.3 Å². The molecule has 0 unspecified atom stereocenters. The van der Waals surface area contributed by atoms with Crippen molar-refractivity contribution in [2.45, 2.75) is 19.3 Å². The van der Waals surface area contributed by atoms with Crippen molar-refractivity contribution >= 4 is 11.8 Å². The van der Waals surface area contributed by atoms with Gasteiger partial charge in [0.2, 0.25) is 0 Å². The topological polar surface area (TPSA) is 81.5 Å². The highest BCUT2D eigenvalue weighted by molar-refractivity contribution is 5.79. The molecule has 0 saturated heterocycles. The fourth-order valence-electron chi connectivity index (χ4n) is 4.04. The number of para-hydroxylation sites is 1. The van der Waals surface area contributed by atoms with Gasteiger partial charge < -0.3 is 10.1 Å². The maximum Gasteiger partial charge on any atom is 0.407 e. The van der Waals surface area contributed by atoms with Gasteiger partial charge in [0, 0.05) is 24.4 Å². The van der Waals surface area contributed by atoms with Crippen LogP contribution in [-0.2, 0) is 4.74 Å². The molecule has 1 aliphatic carbocycles. The Morgan fingerprint density at radius 1 is 1.03 bits per heavy atom. The van der Waals surface area contributed by atoms with E-state index in [1.165, 1.54) is 11.1 Å². The fourth-order valence-corrected chi connectivity index (χ4v) is 4.04. The second kappa shape index (κ2) is 9.36. The molecule has 160 valence electrons. The quantitative estimate of drug-likeness (QED) is 0.264. The Balaban J connectivity index is 1.31. The van der Waals surface area contributed by atoms with E-state index in [1.54, 1.807) is 25.1 Å². The zero-order chi connectivity index (χ0) is 22.5. The van der Waals surface area contributed by atoms with E-state index in [0.29, 0.717) is 24.1 Å². The molecule has 1 aliphatic rings. The molecule has 4 rings (SSSR count). The first-order valence-electron chi connectivity index (χ1n) is 10.4. The number of nitrogens with one attached hydrogen (secondary N) is 1. The van der Waals surface area contributed by atoms with Gasteiger partial charge in [0.1, 0.15) is 12.2 Å². The SMILES string of the molecule is Cc1cccc(C#CCCNC(=O)OCC2c3ccccc3-c3ccccc32)c1[N+](=O)[O-]. The summed E-state index contributed by atoms with van der Waals surface area (Å²) >= 11 is 0. The van der Waals surface area contributed by atoms with E-state index < -0.39 is 11.0 Å². The lowest BCUT2D eigenvalue weighted by Crippen LogP contribution is -2.26. The van der Waals surface area contributed by atoms with E-state index in [9.17, 15) is 14.9 Å². The Kier molecular flexibility index (Phi) is 6.18. The molecule has 0 aromatic heterocycles. The summed E-state index contributed by atoms with van der Waals surface area (Å²) in [6.07, 6.45) is -0.148. The predicted molar refractivity (Wildman–Crippen MR) is 122 cm³/mol. The highest BCUT2D eigenvalue weighted by Gasteiger charge is 2.28. The van der Waals surface area contributed by atoms with Crippen LogP contribution in [0.3, 0.4) is 0 Å². The maximum atomic E-state index is 12.2. The minimum Gasteiger partial charge on any atom is -0.449 e. The summed E-state index contributed by atoms with van der Waals surface area (Å²) in [7, 11) is 0. The third-order valence-electron chi connectivity index (χ3n) is 5.51. The van der Waals surface area contributed by atoms with E-state index in [2.05, 4.69) is 41.4 Å². The Morgan fingerprint density at radius 2 is 1.69 bits per heavy atom. The number of nitro groups is 1. The van der Waals surface area contributed by atoms with Crippen molar-refractivity contribution in [2.24, 2.45) is 0 Å². The number of fused-ring (bicyclic) bond motifs is 3. The molecule has 0 aliphatic heterocycles. The molecular formula is C26H22N2O4. The molecule has 3 aromatic carbocycles. The molecule has 0 heterocycles. The van der Waals surface area contributed by atoms with Gasteiger partial charge in [0.15, 0.2) is 0 Å². The summed E-state index contributed by atoms with van der Waals surface area (Å²) in [5, 5.41) is 13.9. The summed E-state index contributed by atoms with van der Waals surface area (Å²) in [6, 6.07) is 21.4. The van der Waals surface area contributed by atoms with Crippen molar-refractivity contribution in [1.29, 1.82) is 0 Å². The molecule has 1 N–H and O–H groups in total. The first kappa shape index (κ1) is 21.1. The van der Waals surface area contributed by atoms with Crippen LogP contribution in [0.1, 0.15) is 34.6 Å². The normalized spacial score (nSPS) is 11.7. The minimum absolute atomic E-state index is 0.00908. The lowest BCUT2D eigenvalue weighted by molar-refractivity contribution is -0.385. The van der Waals surface area contributed by atoms with E-state index in [0.717, 1.165) is 11.1 Å². The van der Waals surface area contributed by atoms with Gasteiger partial charge in [-0.1, -0.05) is 72.5 Å². The first-order chi connectivity index (χ1) is 15.6. The van der Waals surface area contributed by atoms with Crippen LogP contribution in [0, 0.1) is 28.9 Å². The number of carbonyl (C=O) groups is 1. The van der Waals surface area contributed by atoms with Crippen LogP contribution < -0.4 is 5.32 Å². The number of carbonyl (C=O) groups excluding carboxylic acids is 1. The monoisotopic (exact) mass is 426 g/mol. The van der Waals surface area contributed by atoms with Crippen molar-refractivity contribution in [3.8, 4) is 23.0 Å². The van der Waals surface area contributed by atoms with Crippen molar-refractivity contribution in [3.05, 3.63) is 99.1 Å². The van der Waals surface area contributed by atoms with Crippen LogP contribution in [-0.4, -0.2) is 24.2 Å². The van der Waals surface area contributed by atoms with Gasteiger partial charge in [0.25, 0.3) is 5.69 Å². The predicted octanol–water partition coefficient (Wildman–Crippen LogP) is 5.18. The number of ether oxygens (including phenoxy) is 1. The molecule has 0 bridgehead atoms. The number of hydrogen-bond donors (Lipinski definition) is 1. The van der Waals surface area contributed by atoms with Crippen LogP contribution >= 0.6 is 0 Å². The molecule has 0 saturated carbocycles. The van der Waals surface area contributed by atoms with Gasteiger partial charge in [-0.15, -0.1) is 0 Å². The van der Waals surface area contributed by atoms with E-state index in [4.69, 9.17) is 4.74 Å². The average Bonchev–Trinajstić information content (AvgIpc) is 3.11. The van der Waals surface area contributed by atoms with Crippen LogP contribution in [0.15, 0.2) is 66.7 Å². The zero-order valence-electron chi connectivity index (χ0n) is 17.6. The third kappa shape index (κ3) is 4.33. The summed E-state index contributed by atoms with van der Waals surface area (Å²) in [5.74, 6) is 5.71. The third-order valence-corrected chi connectivity index (χ3v) is 5.51. The van der Waals surface area contributed by atoms with Crippen molar-refractivity contribution in [2.75, 3.05) is 13.2 Å². The van der Waals surface area contributed by atoms with Crippen LogP contribution in [0.25, 0.3) is 11.1 Å². The number of rotatable bonds is 5. The van der Waals surface area contributed by atoms with Crippen LogP contribution in [0.2, 0.25) is 0 Å². The Morgan fingerprint density at radius 3 is 2.34 bits per heavy atom. The maximum absolute atomic E-state index is 12.2. The first-order valence-corrected chi connectivity index (χ1v) is 10.4. The lowest BCUT2D eigenvalue weighted by Gasteiger charge is -2.14. The number of aryl methyl sites for hydroxylation is 1. The largest absolute Gasteiger partial charge is 0.449 e. The standard InChI is InChI=1S/C26H22N2O4/c1-18-9-8-11-19(25(18)28(30)31)10-6-7-16-27-26(29)32-17-24-22-14-4-2-12-20(22)21-13-3-5-15-23(21)24/h2-5,8-9,11-15,24H,7,16-17H2,1H3,(H,27,29). The molecule has 0 spiro atoms. The highest BCUT2D eigenvalue weighted by Crippen LogP contribution is 2.44. The van der Waals surface area contributed by atoms with Crippen molar-refractivity contribution in [3.63, 3.8) is 0 Å². The van der Waals surface area contributed by atoms with Gasteiger partial charge >= 0.3 is 6.09 Å². The number of hydrogen-bond acceptors (Lipinski definition) is 4. The van der Waals surface area contributed by atoms with Gasteiger partial charge in [-0.2, -0.15) is 0 Å². The van der Waals surface area contributed by atoms with E-state index >= 15 is 0 Å². The van der Waals surface area contributed by atoms with Crippen molar-refractivity contribution < 1.29 is 14.5 Å². The summed E-state index contributed by atoms with van der Waals surface area (Å²) < 4.78 is 5.48. The summed E-state index contributed by atoms with van der Waals surface area (Å²) in [4.78, 5) is 23.0. The fraction of sp³-hybridized carbons (Fsp3) is 0.192. The highest BCUT2D eigenvalue weighted by atomic mass is 16.6. The number of benzene rings is 3. The Labute approximate surface area is 186 Å². The lowest BCUT2D eigenvalue weighted by atomic mass is 9.98. The molecule has 0 atom stereocenters. The van der Waals surface area contributed by atoms with Gasteiger partial charge in [-0.25, -0.2) is 4.79 Å². The average molecular weight is 426 g/mol. The van der Waals surface area contributed by atoms with E-state index in [-0.39, 0.29) is 18.2 Å². The molecule has 6 heteroatoms. The number of alkyl carbamates (subject to hydrolysis) is 1.